The Bertz CT molecular complexity index is 699. The van der Waals surface area contributed by atoms with Crippen LogP contribution >= 0.6 is 0 Å². The minimum Gasteiger partial charge on any atom is -0.469 e. The lowest BCUT2D eigenvalue weighted by Crippen LogP contribution is -2.34. The number of carbonyl (C=O) groups excluding carboxylic acids is 2. The maximum Gasteiger partial charge on any atom is 0.306 e. The third kappa shape index (κ3) is 6.69. The first-order valence-electron chi connectivity index (χ1n) is 8.82. The summed E-state index contributed by atoms with van der Waals surface area (Å²) >= 11 is 0. The zero-order valence-electron chi connectivity index (χ0n) is 15.4. The standard InChI is InChI=1S/C21H26N2O3/c1-3-17-9-11-19(12-10-17)22-20(24)16-23(14-13-21(25)26-2)15-18-7-5-4-6-8-18/h4-12H,3,13-16H2,1-2H3,(H,22,24). The van der Waals surface area contributed by atoms with E-state index in [1.165, 1.54) is 12.7 Å². The van der Waals surface area contributed by atoms with Crippen LogP contribution in [0.1, 0.15) is 24.5 Å². The van der Waals surface area contributed by atoms with Crippen LogP contribution in [-0.2, 0) is 27.3 Å². The molecule has 1 N–H and O–H groups in total. The molecule has 2 aromatic rings. The van der Waals surface area contributed by atoms with Crippen molar-refractivity contribution in [2.75, 3.05) is 25.5 Å². The average molecular weight is 354 g/mol. The SMILES string of the molecule is CCc1ccc(NC(=O)CN(CCC(=O)OC)Cc2ccccc2)cc1. The Hall–Kier alpha value is -2.66. The van der Waals surface area contributed by atoms with E-state index in [1.54, 1.807) is 0 Å². The predicted molar refractivity (Wildman–Crippen MR) is 103 cm³/mol. The van der Waals surface area contributed by atoms with Crippen molar-refractivity contribution in [3.05, 3.63) is 65.7 Å². The summed E-state index contributed by atoms with van der Waals surface area (Å²) in [6.45, 7) is 3.36. The van der Waals surface area contributed by atoms with Gasteiger partial charge in [-0.3, -0.25) is 14.5 Å². The number of nitrogens with zero attached hydrogens (tertiary/aromatic N) is 1. The number of ether oxygens (including phenoxy) is 1. The van der Waals surface area contributed by atoms with Gasteiger partial charge in [0.05, 0.1) is 20.1 Å². The summed E-state index contributed by atoms with van der Waals surface area (Å²) in [5.41, 5.74) is 3.10. The second kappa shape index (κ2) is 10.4. The number of hydrogen-bond donors (Lipinski definition) is 1. The number of nitrogens with one attached hydrogen (secondary N) is 1. The van der Waals surface area contributed by atoms with E-state index in [2.05, 4.69) is 12.2 Å². The first kappa shape index (κ1) is 19.7. The van der Waals surface area contributed by atoms with Gasteiger partial charge in [-0.1, -0.05) is 49.4 Å². The number of anilines is 1. The van der Waals surface area contributed by atoms with Gasteiger partial charge in [0.25, 0.3) is 0 Å². The van der Waals surface area contributed by atoms with Gasteiger partial charge in [0.1, 0.15) is 0 Å². The van der Waals surface area contributed by atoms with Crippen molar-refractivity contribution in [2.24, 2.45) is 0 Å². The van der Waals surface area contributed by atoms with Crippen molar-refractivity contribution in [3.63, 3.8) is 0 Å². The fraction of sp³-hybridized carbons (Fsp3) is 0.333. The summed E-state index contributed by atoms with van der Waals surface area (Å²) < 4.78 is 4.71. The molecule has 26 heavy (non-hydrogen) atoms. The Morgan fingerprint density at radius 1 is 1.00 bits per heavy atom. The van der Waals surface area contributed by atoms with Crippen LogP contribution in [0, 0.1) is 0 Å². The van der Waals surface area contributed by atoms with Gasteiger partial charge in [0, 0.05) is 18.8 Å². The average Bonchev–Trinajstić information content (AvgIpc) is 2.67. The smallest absolute Gasteiger partial charge is 0.306 e. The molecule has 0 unspecified atom stereocenters. The zero-order valence-corrected chi connectivity index (χ0v) is 15.4. The van der Waals surface area contributed by atoms with Crippen molar-refractivity contribution in [1.82, 2.24) is 4.90 Å². The van der Waals surface area contributed by atoms with Crippen LogP contribution in [0.25, 0.3) is 0 Å². The molecule has 0 fully saturated rings. The van der Waals surface area contributed by atoms with Crippen molar-refractivity contribution in [2.45, 2.75) is 26.3 Å². The van der Waals surface area contributed by atoms with E-state index in [0.29, 0.717) is 13.1 Å². The van der Waals surface area contributed by atoms with Crippen LogP contribution < -0.4 is 5.32 Å². The number of esters is 1. The highest BCUT2D eigenvalue weighted by molar-refractivity contribution is 5.92. The third-order valence-corrected chi connectivity index (χ3v) is 4.12. The third-order valence-electron chi connectivity index (χ3n) is 4.12. The molecule has 0 bridgehead atoms. The summed E-state index contributed by atoms with van der Waals surface area (Å²) in [6.07, 6.45) is 1.22. The van der Waals surface area contributed by atoms with Gasteiger partial charge >= 0.3 is 5.97 Å². The molecule has 0 radical (unpaired) electrons. The van der Waals surface area contributed by atoms with Crippen molar-refractivity contribution < 1.29 is 14.3 Å². The number of carbonyl (C=O) groups is 2. The first-order chi connectivity index (χ1) is 12.6. The predicted octanol–water partition coefficient (Wildman–Crippen LogP) is 3.25. The van der Waals surface area contributed by atoms with Gasteiger partial charge in [0.2, 0.25) is 5.91 Å². The first-order valence-corrected chi connectivity index (χ1v) is 8.82. The molecule has 0 atom stereocenters. The summed E-state index contributed by atoms with van der Waals surface area (Å²) in [6, 6.07) is 17.7. The van der Waals surface area contributed by atoms with Crippen LogP contribution in [0.15, 0.2) is 54.6 Å². The molecule has 0 saturated heterocycles. The summed E-state index contributed by atoms with van der Waals surface area (Å²) in [4.78, 5) is 25.8. The van der Waals surface area contributed by atoms with Gasteiger partial charge in [-0.15, -0.1) is 0 Å². The topological polar surface area (TPSA) is 58.6 Å². The van der Waals surface area contributed by atoms with Gasteiger partial charge in [-0.2, -0.15) is 0 Å². The second-order valence-electron chi connectivity index (χ2n) is 6.12. The molecule has 0 aliphatic heterocycles. The maximum absolute atomic E-state index is 12.4. The zero-order chi connectivity index (χ0) is 18.8. The van der Waals surface area contributed by atoms with Gasteiger partial charge in [-0.05, 0) is 29.7 Å². The maximum atomic E-state index is 12.4. The largest absolute Gasteiger partial charge is 0.469 e. The molecular weight excluding hydrogens is 328 g/mol. The Labute approximate surface area is 155 Å². The Morgan fingerprint density at radius 2 is 1.69 bits per heavy atom. The number of hydrogen-bond acceptors (Lipinski definition) is 4. The Morgan fingerprint density at radius 3 is 2.31 bits per heavy atom. The molecule has 5 nitrogen and oxygen atoms in total. The van der Waals surface area contributed by atoms with E-state index < -0.39 is 0 Å². The molecule has 138 valence electrons. The van der Waals surface area contributed by atoms with Crippen molar-refractivity contribution >= 4 is 17.6 Å². The number of amides is 1. The Balaban J connectivity index is 1.96. The molecule has 0 aliphatic carbocycles. The highest BCUT2D eigenvalue weighted by Gasteiger charge is 2.14. The highest BCUT2D eigenvalue weighted by atomic mass is 16.5. The molecule has 0 aromatic heterocycles. The minimum atomic E-state index is -0.279. The molecule has 2 aromatic carbocycles. The molecule has 0 aliphatic rings. The van der Waals surface area contributed by atoms with E-state index >= 15 is 0 Å². The highest BCUT2D eigenvalue weighted by Crippen LogP contribution is 2.11. The van der Waals surface area contributed by atoms with Gasteiger partial charge in [0.15, 0.2) is 0 Å². The summed E-state index contributed by atoms with van der Waals surface area (Å²) in [7, 11) is 1.37. The lowest BCUT2D eigenvalue weighted by Gasteiger charge is -2.21. The summed E-state index contributed by atoms with van der Waals surface area (Å²) in [5.74, 6) is -0.381. The molecule has 0 spiro atoms. The van der Waals surface area contributed by atoms with E-state index in [1.807, 2.05) is 59.5 Å². The van der Waals surface area contributed by atoms with Crippen molar-refractivity contribution in [1.29, 1.82) is 0 Å². The number of aryl methyl sites for hydroxylation is 1. The number of benzene rings is 2. The van der Waals surface area contributed by atoms with Crippen LogP contribution in [0.2, 0.25) is 0 Å². The van der Waals surface area contributed by atoms with Crippen LogP contribution in [0.5, 0.6) is 0 Å². The van der Waals surface area contributed by atoms with E-state index in [9.17, 15) is 9.59 Å². The van der Waals surface area contributed by atoms with E-state index in [-0.39, 0.29) is 24.8 Å². The molecule has 0 heterocycles. The molecular formula is C21H26N2O3. The number of rotatable bonds is 9. The molecule has 5 heteroatoms. The minimum absolute atomic E-state index is 0.102. The lowest BCUT2D eigenvalue weighted by atomic mass is 10.1. The van der Waals surface area contributed by atoms with Gasteiger partial charge < -0.3 is 10.1 Å². The molecule has 2 rings (SSSR count). The second-order valence-corrected chi connectivity index (χ2v) is 6.12. The number of methoxy groups -OCH3 is 1. The van der Waals surface area contributed by atoms with E-state index in [0.717, 1.165) is 17.7 Å². The van der Waals surface area contributed by atoms with Crippen LogP contribution in [0.4, 0.5) is 5.69 Å². The van der Waals surface area contributed by atoms with Gasteiger partial charge in [-0.25, -0.2) is 0 Å². The normalized spacial score (nSPS) is 10.6. The fourth-order valence-corrected chi connectivity index (χ4v) is 2.63. The quantitative estimate of drug-likeness (QED) is 0.702. The van der Waals surface area contributed by atoms with Crippen molar-refractivity contribution in [3.8, 4) is 0 Å². The monoisotopic (exact) mass is 354 g/mol. The fourth-order valence-electron chi connectivity index (χ4n) is 2.63. The van der Waals surface area contributed by atoms with Crippen LogP contribution in [-0.4, -0.2) is 37.0 Å². The molecule has 1 amide bonds. The Kier molecular flexibility index (Phi) is 7.83. The summed E-state index contributed by atoms with van der Waals surface area (Å²) in [5, 5.41) is 2.91. The lowest BCUT2D eigenvalue weighted by molar-refractivity contribution is -0.141. The molecule has 0 saturated carbocycles. The van der Waals surface area contributed by atoms with Crippen LogP contribution in [0.3, 0.4) is 0 Å². The van der Waals surface area contributed by atoms with E-state index in [4.69, 9.17) is 4.74 Å².